The molecule has 3 rings (SSSR count). The van der Waals surface area contributed by atoms with Crippen molar-refractivity contribution in [3.8, 4) is 0 Å². The molecule has 0 unspecified atom stereocenters. The summed E-state index contributed by atoms with van der Waals surface area (Å²) in [4.78, 5) is 12.4. The summed E-state index contributed by atoms with van der Waals surface area (Å²) >= 11 is 7.80. The fraction of sp³-hybridized carbons (Fsp3) is 0.273. The molecule has 2 heterocycles. The zero-order valence-corrected chi connectivity index (χ0v) is 17.6. The lowest BCUT2D eigenvalue weighted by Gasteiger charge is -2.12. The Bertz CT molecular complexity index is 961. The molecule has 0 fully saturated rings. The van der Waals surface area contributed by atoms with Crippen LogP contribution >= 0.6 is 22.9 Å². The van der Waals surface area contributed by atoms with Gasteiger partial charge >= 0.3 is 0 Å². The Hall–Kier alpha value is -2.37. The molecule has 2 aromatic heterocycles. The van der Waals surface area contributed by atoms with Crippen LogP contribution in [-0.2, 0) is 6.42 Å². The molecule has 0 aliphatic rings. The van der Waals surface area contributed by atoms with E-state index < -0.39 is 0 Å². The minimum atomic E-state index is -0.223. The van der Waals surface area contributed by atoms with Crippen molar-refractivity contribution in [2.24, 2.45) is 0 Å². The molecule has 0 aliphatic carbocycles. The molecule has 0 bridgehead atoms. The van der Waals surface area contributed by atoms with Gasteiger partial charge in [0.05, 0.1) is 0 Å². The summed E-state index contributed by atoms with van der Waals surface area (Å²) in [7, 11) is 0. The zero-order chi connectivity index (χ0) is 19.9. The predicted octanol–water partition coefficient (Wildman–Crippen LogP) is 5.90. The Morgan fingerprint density at radius 1 is 1.32 bits per heavy atom. The van der Waals surface area contributed by atoms with Crippen molar-refractivity contribution in [3.05, 3.63) is 80.3 Å². The van der Waals surface area contributed by atoms with Gasteiger partial charge in [-0.25, -0.2) is 0 Å². The van der Waals surface area contributed by atoms with E-state index in [2.05, 4.69) is 35.8 Å². The van der Waals surface area contributed by atoms with Crippen molar-refractivity contribution in [3.63, 3.8) is 0 Å². The molecule has 0 saturated heterocycles. The molecule has 6 heteroatoms. The first-order chi connectivity index (χ1) is 13.6. The number of thiophene rings is 1. The van der Waals surface area contributed by atoms with Crippen LogP contribution in [0.4, 0.5) is 0 Å². The van der Waals surface area contributed by atoms with E-state index in [4.69, 9.17) is 16.1 Å². The molecule has 1 aromatic carbocycles. The van der Waals surface area contributed by atoms with E-state index in [1.807, 2.05) is 29.6 Å². The molecule has 0 aliphatic heterocycles. The first-order valence-electron chi connectivity index (χ1n) is 9.27. The van der Waals surface area contributed by atoms with Gasteiger partial charge in [0.2, 0.25) is 0 Å². The summed E-state index contributed by atoms with van der Waals surface area (Å²) in [5, 5.41) is 11.6. The summed E-state index contributed by atoms with van der Waals surface area (Å²) in [5.41, 5.74) is 4.94. The largest absolute Gasteiger partial charge is 0.360 e. The first-order valence-corrected chi connectivity index (χ1v) is 10.6. The van der Waals surface area contributed by atoms with Gasteiger partial charge in [0, 0.05) is 24.1 Å². The third kappa shape index (κ3) is 5.33. The van der Waals surface area contributed by atoms with Gasteiger partial charge in [-0.15, -0.1) is 0 Å². The Morgan fingerprint density at radius 2 is 2.18 bits per heavy atom. The summed E-state index contributed by atoms with van der Waals surface area (Å²) in [5.74, 6) is 0.462. The number of halogens is 1. The number of hydrogen-bond acceptors (Lipinski definition) is 4. The lowest BCUT2D eigenvalue weighted by Crippen LogP contribution is -2.25. The molecule has 146 valence electrons. The Kier molecular flexibility index (Phi) is 7.06. The van der Waals surface area contributed by atoms with Gasteiger partial charge in [0.15, 0.2) is 5.69 Å². The summed E-state index contributed by atoms with van der Waals surface area (Å²) in [6.07, 6.45) is 4.46. The van der Waals surface area contributed by atoms with E-state index in [1.54, 1.807) is 17.4 Å². The number of amides is 1. The van der Waals surface area contributed by atoms with Crippen LogP contribution < -0.4 is 5.32 Å². The van der Waals surface area contributed by atoms with E-state index >= 15 is 0 Å². The standard InChI is InChI=1S/C22H23ClN2O2S/c1-3-4-17(20-12-18(23)6-5-15(20)2)7-9-24-22(26)21-13-19(27-25-21)11-16-8-10-28-14-16/h4-6,8,10,12-14H,3,7,9,11H2,1-2H3,(H,24,26)/b17-4-. The van der Waals surface area contributed by atoms with E-state index in [0.29, 0.717) is 29.4 Å². The number of aryl methyl sites for hydroxylation is 1. The quantitative estimate of drug-likeness (QED) is 0.499. The van der Waals surface area contributed by atoms with Crippen LogP contribution in [0.5, 0.6) is 0 Å². The molecule has 4 nitrogen and oxygen atoms in total. The van der Waals surface area contributed by atoms with Gasteiger partial charge in [0.25, 0.3) is 5.91 Å². The fourth-order valence-corrected chi connectivity index (χ4v) is 3.87. The number of rotatable bonds is 8. The number of hydrogen-bond donors (Lipinski definition) is 1. The third-order valence-electron chi connectivity index (χ3n) is 4.43. The van der Waals surface area contributed by atoms with Gasteiger partial charge in [0.1, 0.15) is 5.76 Å². The van der Waals surface area contributed by atoms with E-state index in [9.17, 15) is 4.79 Å². The molecule has 0 saturated carbocycles. The SMILES string of the molecule is CC/C=C(/CCNC(=O)c1cc(Cc2ccsc2)on1)c1cc(Cl)ccc1C. The van der Waals surface area contributed by atoms with Crippen molar-refractivity contribution in [2.75, 3.05) is 6.54 Å². The normalized spacial score (nSPS) is 11.6. The summed E-state index contributed by atoms with van der Waals surface area (Å²) in [6.45, 7) is 4.68. The highest BCUT2D eigenvalue weighted by molar-refractivity contribution is 7.07. The minimum Gasteiger partial charge on any atom is -0.360 e. The average molecular weight is 415 g/mol. The third-order valence-corrected chi connectivity index (χ3v) is 5.39. The molecule has 3 aromatic rings. The van der Waals surface area contributed by atoms with E-state index in [1.165, 1.54) is 11.1 Å². The van der Waals surface area contributed by atoms with Gasteiger partial charge in [-0.05, 0) is 71.0 Å². The number of allylic oxidation sites excluding steroid dienone is 1. The number of benzene rings is 1. The van der Waals surface area contributed by atoms with Gasteiger partial charge in [-0.2, -0.15) is 11.3 Å². The maximum Gasteiger partial charge on any atom is 0.273 e. The van der Waals surface area contributed by atoms with Crippen LogP contribution in [0.2, 0.25) is 5.02 Å². The molecule has 0 radical (unpaired) electrons. The first kappa shape index (κ1) is 20.4. The van der Waals surface area contributed by atoms with Crippen molar-refractivity contribution in [1.82, 2.24) is 10.5 Å². The van der Waals surface area contributed by atoms with Crippen molar-refractivity contribution < 1.29 is 9.32 Å². The summed E-state index contributed by atoms with van der Waals surface area (Å²) in [6, 6.07) is 9.63. The molecular weight excluding hydrogens is 392 g/mol. The smallest absolute Gasteiger partial charge is 0.273 e. The van der Waals surface area contributed by atoms with Crippen LogP contribution in [0, 0.1) is 6.92 Å². The predicted molar refractivity (Wildman–Crippen MR) is 115 cm³/mol. The Balaban J connectivity index is 1.58. The van der Waals surface area contributed by atoms with Crippen LogP contribution in [0.15, 0.2) is 51.7 Å². The Morgan fingerprint density at radius 3 is 2.93 bits per heavy atom. The maximum atomic E-state index is 12.4. The number of nitrogens with zero attached hydrogens (tertiary/aromatic N) is 1. The molecule has 0 spiro atoms. The highest BCUT2D eigenvalue weighted by Crippen LogP contribution is 2.25. The second kappa shape index (κ2) is 9.71. The monoisotopic (exact) mass is 414 g/mol. The van der Waals surface area contributed by atoms with E-state index in [-0.39, 0.29) is 5.91 Å². The minimum absolute atomic E-state index is 0.223. The number of aromatic nitrogens is 1. The second-order valence-electron chi connectivity index (χ2n) is 6.59. The van der Waals surface area contributed by atoms with Gasteiger partial charge in [-0.1, -0.05) is 35.8 Å². The number of carbonyl (C=O) groups excluding carboxylic acids is 1. The highest BCUT2D eigenvalue weighted by atomic mass is 35.5. The fourth-order valence-electron chi connectivity index (χ4n) is 3.03. The van der Waals surface area contributed by atoms with Crippen molar-refractivity contribution >= 4 is 34.4 Å². The van der Waals surface area contributed by atoms with Crippen molar-refractivity contribution in [2.45, 2.75) is 33.1 Å². The van der Waals surface area contributed by atoms with Gasteiger partial charge < -0.3 is 9.84 Å². The molecule has 28 heavy (non-hydrogen) atoms. The molecular formula is C22H23ClN2O2S. The average Bonchev–Trinajstić information content (AvgIpc) is 3.35. The molecule has 1 amide bonds. The summed E-state index contributed by atoms with van der Waals surface area (Å²) < 4.78 is 5.29. The van der Waals surface area contributed by atoms with Crippen LogP contribution in [-0.4, -0.2) is 17.6 Å². The van der Waals surface area contributed by atoms with Crippen LogP contribution in [0.3, 0.4) is 0 Å². The Labute approximate surface area is 174 Å². The number of nitrogens with one attached hydrogen (secondary N) is 1. The van der Waals surface area contributed by atoms with Gasteiger partial charge in [-0.3, -0.25) is 4.79 Å². The second-order valence-corrected chi connectivity index (χ2v) is 7.81. The zero-order valence-electron chi connectivity index (χ0n) is 16.0. The lowest BCUT2D eigenvalue weighted by atomic mass is 9.97. The van der Waals surface area contributed by atoms with E-state index in [0.717, 1.165) is 24.0 Å². The molecule has 0 atom stereocenters. The topological polar surface area (TPSA) is 55.1 Å². The number of carbonyl (C=O) groups is 1. The van der Waals surface area contributed by atoms with Crippen LogP contribution in [0.1, 0.15) is 52.7 Å². The lowest BCUT2D eigenvalue weighted by molar-refractivity contribution is 0.0945. The van der Waals surface area contributed by atoms with Crippen molar-refractivity contribution in [1.29, 1.82) is 0 Å². The molecule has 1 N–H and O–H groups in total. The maximum absolute atomic E-state index is 12.4. The van der Waals surface area contributed by atoms with Crippen LogP contribution in [0.25, 0.3) is 5.57 Å². The highest BCUT2D eigenvalue weighted by Gasteiger charge is 2.13.